The van der Waals surface area contributed by atoms with E-state index in [0.29, 0.717) is 18.8 Å². The highest BCUT2D eigenvalue weighted by Gasteiger charge is 2.17. The fourth-order valence-corrected chi connectivity index (χ4v) is 2.46. The summed E-state index contributed by atoms with van der Waals surface area (Å²) in [6.07, 6.45) is 3.19. The number of hydrogen-bond acceptors (Lipinski definition) is 6. The van der Waals surface area contributed by atoms with Gasteiger partial charge in [0, 0.05) is 12.7 Å². The van der Waals surface area contributed by atoms with Gasteiger partial charge in [-0.3, -0.25) is 4.68 Å². The van der Waals surface area contributed by atoms with Crippen LogP contribution in [-0.2, 0) is 23.1 Å². The summed E-state index contributed by atoms with van der Waals surface area (Å²) in [7, 11) is -1.86. The summed E-state index contributed by atoms with van der Waals surface area (Å²) >= 11 is 0. The lowest BCUT2D eigenvalue weighted by molar-refractivity contribution is 0.404. The molecule has 2 heterocycles. The van der Waals surface area contributed by atoms with Crippen molar-refractivity contribution in [1.82, 2.24) is 25.0 Å². The van der Waals surface area contributed by atoms with E-state index in [4.69, 9.17) is 4.42 Å². The molecule has 0 aliphatic rings. The average molecular weight is 285 g/mol. The van der Waals surface area contributed by atoms with Gasteiger partial charge in [-0.15, -0.1) is 5.10 Å². The number of sulfonamides is 1. The average Bonchev–Trinajstić information content (AvgIpc) is 3.00. The third-order valence-corrected chi connectivity index (χ3v) is 3.69. The maximum atomic E-state index is 11.9. The minimum atomic E-state index is -3.62. The maximum absolute atomic E-state index is 11.9. The molecule has 2 aromatic rings. The Kier molecular flexibility index (Phi) is 4.30. The minimum Gasteiger partial charge on any atom is -0.447 e. The second kappa shape index (κ2) is 5.95. The number of nitrogens with one attached hydrogen (secondary N) is 2. The number of aromatic nitrogens is 3. The minimum absolute atomic E-state index is 0.0867. The van der Waals surface area contributed by atoms with Gasteiger partial charge in [0.2, 0.25) is 5.09 Å². The van der Waals surface area contributed by atoms with Crippen molar-refractivity contribution in [3.63, 3.8) is 0 Å². The molecule has 0 aliphatic heterocycles. The zero-order chi connectivity index (χ0) is 13.7. The van der Waals surface area contributed by atoms with Gasteiger partial charge in [0.15, 0.2) is 0 Å². The summed E-state index contributed by atoms with van der Waals surface area (Å²) in [6.45, 7) is 1.10. The summed E-state index contributed by atoms with van der Waals surface area (Å²) < 4.78 is 33.0. The summed E-state index contributed by atoms with van der Waals surface area (Å²) in [5.41, 5.74) is 0. The first kappa shape index (κ1) is 13.7. The molecule has 0 radical (unpaired) electrons. The van der Waals surface area contributed by atoms with Gasteiger partial charge < -0.3 is 9.73 Å². The highest BCUT2D eigenvalue weighted by Crippen LogP contribution is 2.13. The van der Waals surface area contributed by atoms with Crippen LogP contribution in [0.25, 0.3) is 0 Å². The summed E-state index contributed by atoms with van der Waals surface area (Å²) in [6, 6.07) is 3.06. The van der Waals surface area contributed by atoms with Gasteiger partial charge in [-0.25, -0.2) is 13.1 Å². The summed E-state index contributed by atoms with van der Waals surface area (Å²) in [5.74, 6) is 0.569. The number of nitrogens with zero attached hydrogens (tertiary/aromatic N) is 3. The standard InChI is InChI=1S/C10H15N5O3S/c1-11-8-9-2-3-10(18-9)19(16,17)13-5-7-15-6-4-12-14-15/h2-4,6,11,13H,5,7-8H2,1H3. The van der Waals surface area contributed by atoms with E-state index in [2.05, 4.69) is 20.4 Å². The fraction of sp³-hybridized carbons (Fsp3) is 0.400. The molecule has 0 amide bonds. The first-order valence-electron chi connectivity index (χ1n) is 5.69. The molecule has 9 heteroatoms. The summed E-state index contributed by atoms with van der Waals surface area (Å²) in [5, 5.41) is 10.2. The SMILES string of the molecule is CNCc1ccc(S(=O)(=O)NCCn2ccnn2)o1. The molecule has 104 valence electrons. The van der Waals surface area contributed by atoms with Crippen LogP contribution in [0.4, 0.5) is 0 Å². The van der Waals surface area contributed by atoms with Crippen LogP contribution >= 0.6 is 0 Å². The Hall–Kier alpha value is -1.71. The second-order valence-corrected chi connectivity index (χ2v) is 5.51. The third kappa shape index (κ3) is 3.63. The number of rotatable bonds is 7. The van der Waals surface area contributed by atoms with Gasteiger partial charge in [0.05, 0.1) is 19.3 Å². The molecule has 0 unspecified atom stereocenters. The molecular weight excluding hydrogens is 270 g/mol. The highest BCUT2D eigenvalue weighted by atomic mass is 32.2. The van der Waals surface area contributed by atoms with E-state index < -0.39 is 10.0 Å². The topological polar surface area (TPSA) is 102 Å². The van der Waals surface area contributed by atoms with Crippen molar-refractivity contribution in [2.24, 2.45) is 0 Å². The van der Waals surface area contributed by atoms with Crippen LogP contribution in [0.15, 0.2) is 34.0 Å². The van der Waals surface area contributed by atoms with Crippen LogP contribution in [0.2, 0.25) is 0 Å². The van der Waals surface area contributed by atoms with E-state index in [1.807, 2.05) is 0 Å². The Morgan fingerprint density at radius 3 is 2.95 bits per heavy atom. The third-order valence-electron chi connectivity index (χ3n) is 2.36. The molecule has 0 bridgehead atoms. The molecule has 0 atom stereocenters. The Bertz CT molecular complexity index is 605. The van der Waals surface area contributed by atoms with Gasteiger partial charge in [0.1, 0.15) is 5.76 Å². The number of furan rings is 1. The van der Waals surface area contributed by atoms with Gasteiger partial charge in [-0.2, -0.15) is 0 Å². The first-order chi connectivity index (χ1) is 9.12. The van der Waals surface area contributed by atoms with Gasteiger partial charge >= 0.3 is 0 Å². The normalized spacial score (nSPS) is 11.8. The monoisotopic (exact) mass is 285 g/mol. The Morgan fingerprint density at radius 2 is 2.26 bits per heavy atom. The van der Waals surface area contributed by atoms with Crippen LogP contribution in [0.1, 0.15) is 5.76 Å². The van der Waals surface area contributed by atoms with E-state index in [1.165, 1.54) is 16.9 Å². The molecule has 0 aromatic carbocycles. The largest absolute Gasteiger partial charge is 0.447 e. The van der Waals surface area contributed by atoms with Crippen molar-refractivity contribution >= 4 is 10.0 Å². The Balaban J connectivity index is 1.93. The molecule has 19 heavy (non-hydrogen) atoms. The van der Waals surface area contributed by atoms with Crippen LogP contribution in [0, 0.1) is 0 Å². The fourth-order valence-electron chi connectivity index (χ4n) is 1.49. The van der Waals surface area contributed by atoms with Crippen molar-refractivity contribution in [3.05, 3.63) is 30.3 Å². The molecule has 2 aromatic heterocycles. The maximum Gasteiger partial charge on any atom is 0.274 e. The lowest BCUT2D eigenvalue weighted by atomic mass is 10.4. The molecule has 0 spiro atoms. The predicted octanol–water partition coefficient (Wildman–Crippen LogP) is -0.431. The molecule has 0 saturated carbocycles. The van der Waals surface area contributed by atoms with Gasteiger partial charge in [-0.1, -0.05) is 5.21 Å². The van der Waals surface area contributed by atoms with Crippen molar-refractivity contribution in [3.8, 4) is 0 Å². The molecular formula is C10H15N5O3S. The second-order valence-electron chi connectivity index (χ2n) is 3.81. The summed E-state index contributed by atoms with van der Waals surface area (Å²) in [4.78, 5) is 0. The van der Waals surface area contributed by atoms with E-state index in [9.17, 15) is 8.42 Å². The van der Waals surface area contributed by atoms with Crippen molar-refractivity contribution in [2.45, 2.75) is 18.2 Å². The molecule has 2 rings (SSSR count). The van der Waals surface area contributed by atoms with Crippen LogP contribution in [0.3, 0.4) is 0 Å². The Morgan fingerprint density at radius 1 is 1.42 bits per heavy atom. The lowest BCUT2D eigenvalue weighted by Gasteiger charge is -2.04. The molecule has 0 aliphatic carbocycles. The highest BCUT2D eigenvalue weighted by molar-refractivity contribution is 7.89. The zero-order valence-corrected chi connectivity index (χ0v) is 11.2. The quantitative estimate of drug-likeness (QED) is 0.715. The van der Waals surface area contributed by atoms with Crippen LogP contribution < -0.4 is 10.0 Å². The molecule has 0 fully saturated rings. The lowest BCUT2D eigenvalue weighted by Crippen LogP contribution is -2.27. The smallest absolute Gasteiger partial charge is 0.274 e. The van der Waals surface area contributed by atoms with Crippen molar-refractivity contribution < 1.29 is 12.8 Å². The van der Waals surface area contributed by atoms with Crippen molar-refractivity contribution in [2.75, 3.05) is 13.6 Å². The molecule has 2 N–H and O–H groups in total. The van der Waals surface area contributed by atoms with Crippen molar-refractivity contribution in [1.29, 1.82) is 0 Å². The van der Waals surface area contributed by atoms with Crippen LogP contribution in [0.5, 0.6) is 0 Å². The molecule has 8 nitrogen and oxygen atoms in total. The predicted molar refractivity (Wildman–Crippen MR) is 66.7 cm³/mol. The van der Waals surface area contributed by atoms with E-state index in [1.54, 1.807) is 19.3 Å². The number of hydrogen-bond donors (Lipinski definition) is 2. The molecule has 0 saturated heterocycles. The Labute approximate surface area is 110 Å². The van der Waals surface area contributed by atoms with Gasteiger partial charge in [0.25, 0.3) is 10.0 Å². The van der Waals surface area contributed by atoms with E-state index in [-0.39, 0.29) is 11.6 Å². The first-order valence-corrected chi connectivity index (χ1v) is 7.17. The van der Waals surface area contributed by atoms with Crippen LogP contribution in [-0.4, -0.2) is 37.0 Å². The zero-order valence-electron chi connectivity index (χ0n) is 10.4. The van der Waals surface area contributed by atoms with E-state index in [0.717, 1.165) is 0 Å². The van der Waals surface area contributed by atoms with E-state index >= 15 is 0 Å². The van der Waals surface area contributed by atoms with Gasteiger partial charge in [-0.05, 0) is 19.2 Å².